The van der Waals surface area contributed by atoms with Crippen molar-refractivity contribution >= 4 is 17.0 Å². The normalized spacial score (nSPS) is 24.5. The van der Waals surface area contributed by atoms with Crippen molar-refractivity contribution < 1.29 is 19.3 Å². The first-order valence-electron chi connectivity index (χ1n) is 10.6. The minimum Gasteiger partial charge on any atom is -0.394 e. The van der Waals surface area contributed by atoms with Crippen LogP contribution in [0.15, 0.2) is 12.7 Å². The fourth-order valence-electron chi connectivity index (χ4n) is 3.66. The summed E-state index contributed by atoms with van der Waals surface area (Å²) in [4.78, 5) is 12.7. The first kappa shape index (κ1) is 21.9. The number of nitrogen functional groups attached to an aromatic ring is 1. The Morgan fingerprint density at radius 1 is 1.03 bits per heavy atom. The van der Waals surface area contributed by atoms with E-state index >= 15 is 0 Å². The Kier molecular flexibility index (Phi) is 8.17. The third-order valence-electron chi connectivity index (χ3n) is 5.24. The van der Waals surface area contributed by atoms with Gasteiger partial charge in [-0.1, -0.05) is 39.5 Å². The van der Waals surface area contributed by atoms with E-state index in [-0.39, 0.29) is 18.8 Å². The highest BCUT2D eigenvalue weighted by Gasteiger charge is 2.47. The maximum Gasteiger partial charge on any atom is 0.167 e. The fourth-order valence-corrected chi connectivity index (χ4v) is 3.66. The number of fused-ring (bicyclic) bond motifs is 1. The minimum atomic E-state index is -0.510. The van der Waals surface area contributed by atoms with Crippen molar-refractivity contribution in [1.29, 1.82) is 0 Å². The molecule has 0 aromatic carbocycles. The summed E-state index contributed by atoms with van der Waals surface area (Å²) in [5.74, 6) is 0.318. The van der Waals surface area contributed by atoms with E-state index in [0.29, 0.717) is 30.2 Å². The lowest BCUT2D eigenvalue weighted by Gasteiger charge is -2.25. The van der Waals surface area contributed by atoms with Crippen molar-refractivity contribution in [1.82, 2.24) is 19.5 Å². The van der Waals surface area contributed by atoms with Gasteiger partial charge in [0, 0.05) is 13.2 Å². The topological polar surface area (TPSA) is 118 Å². The molecule has 0 radical (unpaired) electrons. The minimum absolute atomic E-state index is 0.145. The molecule has 1 saturated heterocycles. The second kappa shape index (κ2) is 10.8. The molecule has 1 fully saturated rings. The third-order valence-corrected chi connectivity index (χ3v) is 5.24. The van der Waals surface area contributed by atoms with Gasteiger partial charge in [-0.3, -0.25) is 4.57 Å². The molecule has 2 aromatic rings. The molecule has 1 aliphatic rings. The summed E-state index contributed by atoms with van der Waals surface area (Å²) >= 11 is 0. The molecule has 0 saturated carbocycles. The van der Waals surface area contributed by atoms with Crippen molar-refractivity contribution in [2.75, 3.05) is 25.6 Å². The summed E-state index contributed by atoms with van der Waals surface area (Å²) < 4.78 is 20.3. The fraction of sp³-hybridized carbons (Fsp3) is 0.750. The van der Waals surface area contributed by atoms with Gasteiger partial charge in [0.15, 0.2) is 17.7 Å². The van der Waals surface area contributed by atoms with E-state index in [2.05, 4.69) is 28.8 Å². The average Bonchev–Trinajstić information content (AvgIpc) is 3.30. The van der Waals surface area contributed by atoms with Crippen LogP contribution in [-0.2, 0) is 14.2 Å². The molecule has 162 valence electrons. The lowest BCUT2D eigenvalue weighted by molar-refractivity contribution is -0.0800. The number of anilines is 1. The van der Waals surface area contributed by atoms with Crippen LogP contribution in [0.5, 0.6) is 0 Å². The third kappa shape index (κ3) is 5.03. The number of hydrogen-bond acceptors (Lipinski definition) is 8. The van der Waals surface area contributed by atoms with Crippen molar-refractivity contribution in [3.63, 3.8) is 0 Å². The Hall–Kier alpha value is -1.81. The quantitative estimate of drug-likeness (QED) is 0.515. The summed E-state index contributed by atoms with van der Waals surface area (Å²) in [6.45, 7) is 5.38. The molecule has 0 aliphatic carbocycles. The molecular formula is C20H33N5O4. The summed E-state index contributed by atoms with van der Waals surface area (Å²) in [6, 6.07) is 0. The van der Waals surface area contributed by atoms with Gasteiger partial charge in [-0.2, -0.15) is 0 Å². The first-order chi connectivity index (χ1) is 14.2. The number of ether oxygens (including phenoxy) is 3. The van der Waals surface area contributed by atoms with Gasteiger partial charge in [0.2, 0.25) is 0 Å². The largest absolute Gasteiger partial charge is 0.394 e. The maximum absolute atomic E-state index is 9.91. The van der Waals surface area contributed by atoms with Crippen LogP contribution in [-0.4, -0.2) is 62.8 Å². The lowest BCUT2D eigenvalue weighted by atomic mass is 10.1. The highest BCUT2D eigenvalue weighted by atomic mass is 16.6. The van der Waals surface area contributed by atoms with Crippen LogP contribution in [0.3, 0.4) is 0 Å². The van der Waals surface area contributed by atoms with Gasteiger partial charge in [0.25, 0.3) is 0 Å². The van der Waals surface area contributed by atoms with Gasteiger partial charge < -0.3 is 25.1 Å². The van der Waals surface area contributed by atoms with E-state index in [1.807, 2.05) is 0 Å². The monoisotopic (exact) mass is 407 g/mol. The molecule has 0 spiro atoms. The van der Waals surface area contributed by atoms with Gasteiger partial charge in [-0.25, -0.2) is 15.0 Å². The van der Waals surface area contributed by atoms with E-state index in [0.717, 1.165) is 38.5 Å². The molecule has 0 amide bonds. The summed E-state index contributed by atoms with van der Waals surface area (Å²) in [5, 5.41) is 9.91. The Balaban J connectivity index is 1.83. The number of aromatic nitrogens is 4. The predicted octanol–water partition coefficient (Wildman–Crippen LogP) is 2.45. The van der Waals surface area contributed by atoms with Crippen molar-refractivity contribution in [2.24, 2.45) is 0 Å². The number of nitrogens with two attached hydrogens (primary N) is 1. The molecule has 1 aliphatic heterocycles. The van der Waals surface area contributed by atoms with Gasteiger partial charge in [-0.15, -0.1) is 0 Å². The van der Waals surface area contributed by atoms with Crippen LogP contribution in [0.2, 0.25) is 0 Å². The zero-order chi connectivity index (χ0) is 20.6. The average molecular weight is 408 g/mol. The second-order valence-electron chi connectivity index (χ2n) is 7.42. The molecular weight excluding hydrogens is 374 g/mol. The van der Waals surface area contributed by atoms with E-state index in [4.69, 9.17) is 19.9 Å². The summed E-state index contributed by atoms with van der Waals surface area (Å²) in [6.07, 6.45) is 7.69. The zero-order valence-electron chi connectivity index (χ0n) is 17.4. The number of nitrogens with zero attached hydrogens (tertiary/aromatic N) is 4. The van der Waals surface area contributed by atoms with Crippen molar-refractivity contribution in [3.8, 4) is 0 Å². The van der Waals surface area contributed by atoms with Crippen LogP contribution in [0.4, 0.5) is 5.82 Å². The van der Waals surface area contributed by atoms with E-state index in [9.17, 15) is 5.11 Å². The Bertz CT molecular complexity index is 756. The molecule has 9 nitrogen and oxygen atoms in total. The van der Waals surface area contributed by atoms with E-state index in [1.54, 1.807) is 10.9 Å². The number of unbranched alkanes of at least 4 members (excludes halogenated alkanes) is 4. The number of aliphatic hydroxyl groups excluding tert-OH is 1. The van der Waals surface area contributed by atoms with E-state index in [1.165, 1.54) is 6.33 Å². The molecule has 29 heavy (non-hydrogen) atoms. The molecule has 3 rings (SSSR count). The number of imidazole rings is 1. The standard InChI is InChI=1S/C20H33N5O4/c1-3-5-7-9-27-16-14(11-26)29-20(17(16)28-10-8-6-4-2)25-13-24-15-18(21)22-12-23-19(15)25/h12-14,16-17,20,26H,3-11H2,1-2H3,(H2,21,22,23)/t14-,16?,17?,20-/m1/s1. The highest BCUT2D eigenvalue weighted by molar-refractivity contribution is 5.81. The highest BCUT2D eigenvalue weighted by Crippen LogP contribution is 2.35. The maximum atomic E-state index is 9.91. The molecule has 9 heteroatoms. The van der Waals surface area contributed by atoms with Crippen molar-refractivity contribution in [2.45, 2.75) is 76.9 Å². The van der Waals surface area contributed by atoms with Gasteiger partial charge in [-0.05, 0) is 12.8 Å². The Morgan fingerprint density at radius 2 is 1.72 bits per heavy atom. The number of aliphatic hydroxyl groups is 1. The molecule has 2 aromatic heterocycles. The molecule has 4 atom stereocenters. The van der Waals surface area contributed by atoms with E-state index < -0.39 is 12.3 Å². The smallest absolute Gasteiger partial charge is 0.167 e. The SMILES string of the molecule is CCCCCOC1C(OCCCCC)[C@@H](CO)O[C@H]1n1cnc2c(N)ncnc21. The van der Waals surface area contributed by atoms with Crippen LogP contribution < -0.4 is 5.73 Å². The Morgan fingerprint density at radius 3 is 2.38 bits per heavy atom. The predicted molar refractivity (Wildman–Crippen MR) is 109 cm³/mol. The van der Waals surface area contributed by atoms with Gasteiger partial charge >= 0.3 is 0 Å². The molecule has 2 unspecified atom stereocenters. The molecule has 3 N–H and O–H groups in total. The first-order valence-corrected chi connectivity index (χ1v) is 10.6. The summed E-state index contributed by atoms with van der Waals surface area (Å²) in [5.41, 5.74) is 7.03. The lowest BCUT2D eigenvalue weighted by Crippen LogP contribution is -2.38. The zero-order valence-corrected chi connectivity index (χ0v) is 17.4. The van der Waals surface area contributed by atoms with Gasteiger partial charge in [0.05, 0.1) is 12.9 Å². The van der Waals surface area contributed by atoms with Crippen LogP contribution in [0, 0.1) is 0 Å². The van der Waals surface area contributed by atoms with Gasteiger partial charge in [0.1, 0.15) is 30.2 Å². The number of rotatable bonds is 12. The van der Waals surface area contributed by atoms with Crippen LogP contribution in [0.25, 0.3) is 11.2 Å². The molecule has 0 bridgehead atoms. The molecule has 3 heterocycles. The summed E-state index contributed by atoms with van der Waals surface area (Å²) in [7, 11) is 0. The number of hydrogen-bond donors (Lipinski definition) is 2. The van der Waals surface area contributed by atoms with Crippen LogP contribution >= 0.6 is 0 Å². The van der Waals surface area contributed by atoms with Crippen molar-refractivity contribution in [3.05, 3.63) is 12.7 Å². The second-order valence-corrected chi connectivity index (χ2v) is 7.42. The Labute approximate surface area is 171 Å². The van der Waals surface area contributed by atoms with Crippen LogP contribution in [0.1, 0.15) is 58.6 Å².